The topological polar surface area (TPSA) is 83.8 Å². The molecule has 0 spiro atoms. The molecule has 0 aliphatic carbocycles. The lowest BCUT2D eigenvalue weighted by Crippen LogP contribution is -2.34. The highest BCUT2D eigenvalue weighted by atomic mass is 32.1. The fraction of sp³-hybridized carbons (Fsp3) is 0. The fourth-order valence-electron chi connectivity index (χ4n) is 1.34. The highest BCUT2D eigenvalue weighted by molar-refractivity contribution is 7.80. The number of hydrogen-bond acceptors (Lipinski definition) is 3. The van der Waals surface area contributed by atoms with Gasteiger partial charge in [0.15, 0.2) is 5.11 Å². The predicted octanol–water partition coefficient (Wildman–Crippen LogP) is 0.536. The molecule has 0 saturated heterocycles. The molecular formula is C9H8N4OS. The molecule has 4 N–H and O–H groups in total. The molecule has 0 atom stereocenters. The van der Waals surface area contributed by atoms with E-state index in [1.54, 1.807) is 24.5 Å². The molecule has 1 amide bonds. The number of rotatable bonds is 1. The number of hydrogen-bond donors (Lipinski definition) is 3. The van der Waals surface area contributed by atoms with Crippen LogP contribution in [0.2, 0.25) is 0 Å². The number of nitrogens with two attached hydrogens (primary N) is 1. The summed E-state index contributed by atoms with van der Waals surface area (Å²) in [5, 5.41) is 3.07. The normalized spacial score (nSPS) is 10.1. The maximum absolute atomic E-state index is 11.6. The first-order valence-electron chi connectivity index (χ1n) is 4.21. The van der Waals surface area contributed by atoms with Crippen molar-refractivity contribution in [3.63, 3.8) is 0 Å². The van der Waals surface area contributed by atoms with Crippen LogP contribution in [0.5, 0.6) is 0 Å². The number of nitrogens with zero attached hydrogens (tertiary/aromatic N) is 1. The average molecular weight is 220 g/mol. The van der Waals surface area contributed by atoms with Gasteiger partial charge in [-0.1, -0.05) is 0 Å². The predicted molar refractivity (Wildman–Crippen MR) is 60.3 cm³/mol. The summed E-state index contributed by atoms with van der Waals surface area (Å²) in [4.78, 5) is 18.6. The Morgan fingerprint density at radius 3 is 3.07 bits per heavy atom. The van der Waals surface area contributed by atoms with Gasteiger partial charge in [-0.05, 0) is 24.4 Å². The van der Waals surface area contributed by atoms with Gasteiger partial charge in [-0.25, -0.2) is 4.98 Å². The Labute approximate surface area is 90.7 Å². The third-order valence-electron chi connectivity index (χ3n) is 1.94. The van der Waals surface area contributed by atoms with Crippen LogP contribution in [0.4, 0.5) is 0 Å². The van der Waals surface area contributed by atoms with Crippen molar-refractivity contribution in [3.8, 4) is 0 Å². The summed E-state index contributed by atoms with van der Waals surface area (Å²) in [6.07, 6.45) is 3.27. The van der Waals surface area contributed by atoms with E-state index in [0.717, 1.165) is 5.39 Å². The van der Waals surface area contributed by atoms with Crippen LogP contribution >= 0.6 is 12.2 Å². The SMILES string of the molecule is NC(=S)NC(=O)c1ccnc2[nH]ccc12. The minimum atomic E-state index is -0.325. The third kappa shape index (κ3) is 1.79. The fourth-order valence-corrected chi connectivity index (χ4v) is 1.43. The van der Waals surface area contributed by atoms with Gasteiger partial charge in [-0.15, -0.1) is 0 Å². The van der Waals surface area contributed by atoms with Crippen molar-refractivity contribution in [2.45, 2.75) is 0 Å². The van der Waals surface area contributed by atoms with Gasteiger partial charge in [0.25, 0.3) is 5.91 Å². The molecular weight excluding hydrogens is 212 g/mol. The van der Waals surface area contributed by atoms with Crippen molar-refractivity contribution < 1.29 is 4.79 Å². The van der Waals surface area contributed by atoms with Crippen molar-refractivity contribution in [1.29, 1.82) is 0 Å². The molecule has 0 aromatic carbocycles. The average Bonchev–Trinajstić information content (AvgIpc) is 2.63. The van der Waals surface area contributed by atoms with Gasteiger partial charge in [-0.2, -0.15) is 0 Å². The first kappa shape index (κ1) is 9.60. The van der Waals surface area contributed by atoms with E-state index in [-0.39, 0.29) is 11.0 Å². The maximum Gasteiger partial charge on any atom is 0.258 e. The van der Waals surface area contributed by atoms with Crippen LogP contribution in [0.15, 0.2) is 24.5 Å². The molecule has 0 radical (unpaired) electrons. The zero-order valence-corrected chi connectivity index (χ0v) is 8.47. The third-order valence-corrected chi connectivity index (χ3v) is 2.04. The van der Waals surface area contributed by atoms with Crippen LogP contribution in [0.3, 0.4) is 0 Å². The van der Waals surface area contributed by atoms with Gasteiger partial charge in [-0.3, -0.25) is 10.1 Å². The van der Waals surface area contributed by atoms with Crippen LogP contribution in [0, 0.1) is 0 Å². The van der Waals surface area contributed by atoms with Crippen molar-refractivity contribution >= 4 is 34.3 Å². The lowest BCUT2D eigenvalue weighted by atomic mass is 10.2. The first-order chi connectivity index (χ1) is 7.18. The van der Waals surface area contributed by atoms with E-state index in [1.165, 1.54) is 0 Å². The molecule has 2 rings (SSSR count). The Kier molecular flexibility index (Phi) is 2.34. The van der Waals surface area contributed by atoms with Crippen molar-refractivity contribution in [2.75, 3.05) is 0 Å². The van der Waals surface area contributed by atoms with Crippen LogP contribution in [-0.4, -0.2) is 21.0 Å². The zero-order chi connectivity index (χ0) is 10.8. The molecule has 0 saturated carbocycles. The second-order valence-corrected chi connectivity index (χ2v) is 3.36. The number of pyridine rings is 1. The maximum atomic E-state index is 11.6. The number of fused-ring (bicyclic) bond motifs is 1. The monoisotopic (exact) mass is 220 g/mol. The Morgan fingerprint density at radius 1 is 1.53 bits per heavy atom. The van der Waals surface area contributed by atoms with Gasteiger partial charge in [0.1, 0.15) is 5.65 Å². The lowest BCUT2D eigenvalue weighted by molar-refractivity contribution is 0.0979. The summed E-state index contributed by atoms with van der Waals surface area (Å²) in [5.74, 6) is -0.325. The molecule has 15 heavy (non-hydrogen) atoms. The van der Waals surface area contributed by atoms with Gasteiger partial charge < -0.3 is 10.7 Å². The number of aromatic nitrogens is 2. The van der Waals surface area contributed by atoms with Crippen LogP contribution < -0.4 is 11.1 Å². The largest absolute Gasteiger partial charge is 0.376 e. The van der Waals surface area contributed by atoms with E-state index >= 15 is 0 Å². The number of carbonyl (C=O) groups is 1. The summed E-state index contributed by atoms with van der Waals surface area (Å²) in [6.45, 7) is 0. The summed E-state index contributed by atoms with van der Waals surface area (Å²) in [5.41, 5.74) is 6.38. The molecule has 0 unspecified atom stereocenters. The van der Waals surface area contributed by atoms with Gasteiger partial charge >= 0.3 is 0 Å². The molecule has 0 fully saturated rings. The Morgan fingerprint density at radius 2 is 2.33 bits per heavy atom. The van der Waals surface area contributed by atoms with E-state index in [1.807, 2.05) is 0 Å². The Bertz CT molecular complexity index is 534. The van der Waals surface area contributed by atoms with Gasteiger partial charge in [0.2, 0.25) is 0 Å². The first-order valence-corrected chi connectivity index (χ1v) is 4.62. The molecule has 76 valence electrons. The number of aromatic amines is 1. The van der Waals surface area contributed by atoms with Crippen LogP contribution in [0.1, 0.15) is 10.4 Å². The molecule has 2 heterocycles. The number of H-pyrrole nitrogens is 1. The highest BCUT2D eigenvalue weighted by Crippen LogP contribution is 2.14. The summed E-state index contributed by atoms with van der Waals surface area (Å²) < 4.78 is 0. The van der Waals surface area contributed by atoms with Crippen molar-refractivity contribution in [1.82, 2.24) is 15.3 Å². The Hall–Kier alpha value is -1.95. The summed E-state index contributed by atoms with van der Waals surface area (Å²) in [6, 6.07) is 3.39. The smallest absolute Gasteiger partial charge is 0.258 e. The molecule has 2 aromatic heterocycles. The van der Waals surface area contributed by atoms with Gasteiger partial charge in [0.05, 0.1) is 5.56 Å². The minimum absolute atomic E-state index is 0.0412. The molecule has 0 aliphatic heterocycles. The van der Waals surface area contributed by atoms with Gasteiger partial charge in [0, 0.05) is 17.8 Å². The van der Waals surface area contributed by atoms with E-state index in [9.17, 15) is 4.79 Å². The highest BCUT2D eigenvalue weighted by Gasteiger charge is 2.10. The molecule has 2 aromatic rings. The van der Waals surface area contributed by atoms with Crippen LogP contribution in [0.25, 0.3) is 11.0 Å². The number of carbonyl (C=O) groups excluding carboxylic acids is 1. The lowest BCUT2D eigenvalue weighted by Gasteiger charge is -2.03. The quantitative estimate of drug-likeness (QED) is 0.612. The zero-order valence-electron chi connectivity index (χ0n) is 7.65. The molecule has 5 nitrogen and oxygen atoms in total. The standard InChI is InChI=1S/C9H8N4OS/c10-9(15)13-8(14)6-2-4-12-7-5(6)1-3-11-7/h1-4H,(H,11,12)(H3,10,13,14,15). The Balaban J connectivity index is 2.47. The summed E-state index contributed by atoms with van der Waals surface area (Å²) >= 11 is 4.60. The number of amides is 1. The minimum Gasteiger partial charge on any atom is -0.376 e. The van der Waals surface area contributed by atoms with E-state index in [2.05, 4.69) is 27.5 Å². The second-order valence-electron chi connectivity index (χ2n) is 2.92. The molecule has 0 bridgehead atoms. The van der Waals surface area contributed by atoms with E-state index < -0.39 is 0 Å². The van der Waals surface area contributed by atoms with Crippen LogP contribution in [-0.2, 0) is 0 Å². The van der Waals surface area contributed by atoms with Crippen molar-refractivity contribution in [2.24, 2.45) is 5.73 Å². The van der Waals surface area contributed by atoms with Crippen molar-refractivity contribution in [3.05, 3.63) is 30.1 Å². The second kappa shape index (κ2) is 3.66. The summed E-state index contributed by atoms with van der Waals surface area (Å²) in [7, 11) is 0. The van der Waals surface area contributed by atoms with E-state index in [0.29, 0.717) is 11.2 Å². The van der Waals surface area contributed by atoms with E-state index in [4.69, 9.17) is 5.73 Å². The number of thiocarbonyl (C=S) groups is 1. The molecule has 6 heteroatoms. The molecule has 0 aliphatic rings. The number of nitrogens with one attached hydrogen (secondary N) is 2.